The highest BCUT2D eigenvalue weighted by molar-refractivity contribution is 7.13. The third-order valence-electron chi connectivity index (χ3n) is 4.93. The first-order chi connectivity index (χ1) is 14.3. The highest BCUT2D eigenvalue weighted by Gasteiger charge is 2.13. The number of carbonyl (C=O) groups excluding carboxylic acids is 1. The van der Waals surface area contributed by atoms with E-state index in [1.54, 1.807) is 11.3 Å². The Kier molecular flexibility index (Phi) is 7.27. The number of ether oxygens (including phenoxy) is 1. The molecule has 158 valence electrons. The van der Waals surface area contributed by atoms with Gasteiger partial charge in [0.1, 0.15) is 10.8 Å². The third-order valence-corrected chi connectivity index (χ3v) is 5.86. The largest absolute Gasteiger partial charge is 0.494 e. The molecular formula is C25H30N2O2S. The number of aromatic nitrogens is 1. The van der Waals surface area contributed by atoms with Gasteiger partial charge in [0.2, 0.25) is 5.91 Å². The summed E-state index contributed by atoms with van der Waals surface area (Å²) in [5.74, 6) is 0.863. The van der Waals surface area contributed by atoms with Crippen molar-refractivity contribution in [3.8, 4) is 16.3 Å². The Balaban J connectivity index is 1.38. The lowest BCUT2D eigenvalue weighted by molar-refractivity contribution is -0.121. The first kappa shape index (κ1) is 22.0. The molecule has 0 saturated heterocycles. The fourth-order valence-electron chi connectivity index (χ4n) is 3.08. The fraction of sp³-hybridized carbons (Fsp3) is 0.360. The van der Waals surface area contributed by atoms with E-state index in [2.05, 4.69) is 62.3 Å². The maximum absolute atomic E-state index is 12.1. The summed E-state index contributed by atoms with van der Waals surface area (Å²) in [6.45, 7) is 9.63. The van der Waals surface area contributed by atoms with Crippen LogP contribution in [0.3, 0.4) is 0 Å². The van der Waals surface area contributed by atoms with Crippen LogP contribution in [0.25, 0.3) is 10.6 Å². The van der Waals surface area contributed by atoms with Gasteiger partial charge in [-0.15, -0.1) is 11.3 Å². The van der Waals surface area contributed by atoms with E-state index in [-0.39, 0.29) is 11.3 Å². The molecule has 0 bridgehead atoms. The van der Waals surface area contributed by atoms with E-state index in [0.717, 1.165) is 22.0 Å². The van der Waals surface area contributed by atoms with Crippen LogP contribution in [0.4, 0.5) is 0 Å². The van der Waals surface area contributed by atoms with E-state index in [1.165, 1.54) is 11.1 Å². The summed E-state index contributed by atoms with van der Waals surface area (Å²) < 4.78 is 5.76. The van der Waals surface area contributed by atoms with Crippen molar-refractivity contribution < 1.29 is 9.53 Å². The topological polar surface area (TPSA) is 51.2 Å². The van der Waals surface area contributed by atoms with E-state index in [0.29, 0.717) is 26.0 Å². The van der Waals surface area contributed by atoms with Crippen LogP contribution in [0.2, 0.25) is 0 Å². The quantitative estimate of drug-likeness (QED) is 0.460. The molecule has 4 nitrogen and oxygen atoms in total. The molecule has 0 radical (unpaired) electrons. The molecular weight excluding hydrogens is 392 g/mol. The van der Waals surface area contributed by atoms with Crippen LogP contribution in [-0.2, 0) is 16.8 Å². The molecule has 1 heterocycles. The number of nitrogens with one attached hydrogen (secondary N) is 1. The average Bonchev–Trinajstić information content (AvgIpc) is 3.18. The molecule has 0 aliphatic heterocycles. The average molecular weight is 423 g/mol. The van der Waals surface area contributed by atoms with Crippen molar-refractivity contribution in [1.29, 1.82) is 0 Å². The lowest BCUT2D eigenvalue weighted by atomic mass is 9.87. The monoisotopic (exact) mass is 422 g/mol. The molecule has 2 aromatic carbocycles. The molecule has 1 N–H and O–H groups in total. The second-order valence-electron chi connectivity index (χ2n) is 8.46. The van der Waals surface area contributed by atoms with Crippen LogP contribution >= 0.6 is 11.3 Å². The van der Waals surface area contributed by atoms with Gasteiger partial charge in [0, 0.05) is 17.4 Å². The number of aryl methyl sites for hydroxylation is 1. The predicted molar refractivity (Wildman–Crippen MR) is 124 cm³/mol. The standard InChI is InChI=1S/C25H30N2O2S/c1-18-8-5-6-9-22(18)24-27-20(17-30-24)16-26-23(28)10-7-15-29-21-13-11-19(12-14-21)25(2,3)4/h5-6,8-9,11-14,17H,7,10,15-16H2,1-4H3,(H,26,28). The second-order valence-corrected chi connectivity index (χ2v) is 9.32. The Labute approximate surface area is 183 Å². The first-order valence-corrected chi connectivity index (χ1v) is 11.2. The van der Waals surface area contributed by atoms with Crippen LogP contribution in [0, 0.1) is 6.92 Å². The SMILES string of the molecule is Cc1ccccc1-c1nc(CNC(=O)CCCOc2ccc(C(C)(C)C)cc2)cs1. The maximum atomic E-state index is 12.1. The fourth-order valence-corrected chi connectivity index (χ4v) is 3.99. The third kappa shape index (κ3) is 6.17. The van der Waals surface area contributed by atoms with Gasteiger partial charge in [0.25, 0.3) is 0 Å². The van der Waals surface area contributed by atoms with Crippen molar-refractivity contribution >= 4 is 17.2 Å². The predicted octanol–water partition coefficient (Wildman–Crippen LogP) is 5.89. The van der Waals surface area contributed by atoms with Crippen molar-refractivity contribution in [2.45, 2.75) is 52.5 Å². The van der Waals surface area contributed by atoms with E-state index >= 15 is 0 Å². The lowest BCUT2D eigenvalue weighted by Gasteiger charge is -2.19. The van der Waals surface area contributed by atoms with Gasteiger partial charge in [0.05, 0.1) is 18.8 Å². The van der Waals surface area contributed by atoms with Gasteiger partial charge in [-0.3, -0.25) is 4.79 Å². The van der Waals surface area contributed by atoms with Crippen LogP contribution in [0.1, 0.15) is 50.4 Å². The van der Waals surface area contributed by atoms with Crippen molar-refractivity contribution in [3.05, 3.63) is 70.7 Å². The molecule has 3 aromatic rings. The van der Waals surface area contributed by atoms with Crippen molar-refractivity contribution in [3.63, 3.8) is 0 Å². The molecule has 0 aliphatic carbocycles. The number of carbonyl (C=O) groups is 1. The zero-order valence-electron chi connectivity index (χ0n) is 18.2. The molecule has 5 heteroatoms. The van der Waals surface area contributed by atoms with Crippen molar-refractivity contribution in [2.75, 3.05) is 6.61 Å². The van der Waals surface area contributed by atoms with Crippen molar-refractivity contribution in [2.24, 2.45) is 0 Å². The normalized spacial score (nSPS) is 11.3. The van der Waals surface area contributed by atoms with Crippen LogP contribution < -0.4 is 10.1 Å². The Morgan fingerprint density at radius 2 is 1.83 bits per heavy atom. The second kappa shape index (κ2) is 9.90. The van der Waals surface area contributed by atoms with Crippen LogP contribution in [0.15, 0.2) is 53.9 Å². The number of benzene rings is 2. The summed E-state index contributed by atoms with van der Waals surface area (Å²) in [5.41, 5.74) is 4.65. The Morgan fingerprint density at radius 1 is 1.10 bits per heavy atom. The summed E-state index contributed by atoms with van der Waals surface area (Å²) in [5, 5.41) is 5.95. The van der Waals surface area contributed by atoms with E-state index in [1.807, 2.05) is 29.6 Å². The van der Waals surface area contributed by atoms with Crippen LogP contribution in [0.5, 0.6) is 5.75 Å². The summed E-state index contributed by atoms with van der Waals surface area (Å²) >= 11 is 1.61. The molecule has 3 rings (SSSR count). The molecule has 0 aliphatic rings. The number of hydrogen-bond donors (Lipinski definition) is 1. The van der Waals surface area contributed by atoms with E-state index in [9.17, 15) is 4.79 Å². The van der Waals surface area contributed by atoms with Crippen molar-refractivity contribution in [1.82, 2.24) is 10.3 Å². The number of hydrogen-bond acceptors (Lipinski definition) is 4. The minimum Gasteiger partial charge on any atom is -0.494 e. The molecule has 0 fully saturated rings. The number of thiazole rings is 1. The van der Waals surface area contributed by atoms with Gasteiger partial charge in [-0.25, -0.2) is 4.98 Å². The van der Waals surface area contributed by atoms with Gasteiger partial charge in [-0.2, -0.15) is 0 Å². The minimum absolute atomic E-state index is 0.0205. The molecule has 0 saturated carbocycles. The molecule has 0 unspecified atom stereocenters. The minimum atomic E-state index is 0.0205. The zero-order valence-corrected chi connectivity index (χ0v) is 19.0. The highest BCUT2D eigenvalue weighted by Crippen LogP contribution is 2.26. The Bertz CT molecular complexity index is 971. The highest BCUT2D eigenvalue weighted by atomic mass is 32.1. The van der Waals surface area contributed by atoms with Gasteiger partial charge in [-0.1, -0.05) is 57.2 Å². The number of nitrogens with zero attached hydrogens (tertiary/aromatic N) is 1. The number of rotatable bonds is 8. The van der Waals surface area contributed by atoms with Gasteiger partial charge in [0.15, 0.2) is 0 Å². The lowest BCUT2D eigenvalue weighted by Crippen LogP contribution is -2.23. The molecule has 1 aromatic heterocycles. The van der Waals surface area contributed by atoms with E-state index < -0.39 is 0 Å². The Hall–Kier alpha value is -2.66. The van der Waals surface area contributed by atoms with Crippen LogP contribution in [-0.4, -0.2) is 17.5 Å². The van der Waals surface area contributed by atoms with Gasteiger partial charge < -0.3 is 10.1 Å². The zero-order chi connectivity index (χ0) is 21.6. The number of amides is 1. The summed E-state index contributed by atoms with van der Waals surface area (Å²) in [6, 6.07) is 16.4. The summed E-state index contributed by atoms with van der Waals surface area (Å²) in [4.78, 5) is 16.8. The molecule has 0 atom stereocenters. The van der Waals surface area contributed by atoms with Gasteiger partial charge in [-0.05, 0) is 42.0 Å². The smallest absolute Gasteiger partial charge is 0.220 e. The first-order valence-electron chi connectivity index (χ1n) is 10.3. The maximum Gasteiger partial charge on any atom is 0.220 e. The molecule has 0 spiro atoms. The van der Waals surface area contributed by atoms with Gasteiger partial charge >= 0.3 is 0 Å². The Morgan fingerprint density at radius 3 is 2.53 bits per heavy atom. The molecule has 30 heavy (non-hydrogen) atoms. The van der Waals surface area contributed by atoms with E-state index in [4.69, 9.17) is 4.74 Å². The summed E-state index contributed by atoms with van der Waals surface area (Å²) in [7, 11) is 0. The molecule has 1 amide bonds. The summed E-state index contributed by atoms with van der Waals surface area (Å²) in [6.07, 6.45) is 1.12.